The number of anilines is 1. The number of aromatic nitrogens is 3. The normalized spacial score (nSPS) is 11.6. The summed E-state index contributed by atoms with van der Waals surface area (Å²) in [6.07, 6.45) is 0. The Morgan fingerprint density at radius 1 is 0.881 bits per heavy atom. The second-order valence-corrected chi connectivity index (χ2v) is 10.1. The van der Waals surface area contributed by atoms with Gasteiger partial charge in [-0.3, -0.25) is 9.59 Å². The topological polar surface area (TPSA) is 98.6 Å². The molecular formula is C33H33N5O4. The number of hydrogen-bond acceptors (Lipinski definition) is 6. The largest absolute Gasteiger partial charge is 0.497 e. The minimum atomic E-state index is -0.957. The van der Waals surface area contributed by atoms with Crippen LogP contribution in [0, 0.1) is 13.8 Å². The first-order valence-corrected chi connectivity index (χ1v) is 13.6. The highest BCUT2D eigenvalue weighted by Gasteiger charge is 2.33. The first-order valence-electron chi connectivity index (χ1n) is 13.6. The summed E-state index contributed by atoms with van der Waals surface area (Å²) in [4.78, 5) is 30.0. The molecule has 214 valence electrons. The number of amides is 2. The molecule has 9 heteroatoms. The van der Waals surface area contributed by atoms with Crippen LogP contribution in [0.4, 0.5) is 5.69 Å². The number of nitrogens with one attached hydrogen (secondary N) is 1. The zero-order valence-corrected chi connectivity index (χ0v) is 24.1. The van der Waals surface area contributed by atoms with E-state index >= 15 is 0 Å². The Hall–Kier alpha value is -5.18. The molecule has 0 radical (unpaired) electrons. The minimum Gasteiger partial charge on any atom is -0.497 e. The number of carbonyl (C=O) groups excluding carboxylic acids is 2. The van der Waals surface area contributed by atoms with Crippen molar-refractivity contribution in [2.75, 3.05) is 19.5 Å². The molecule has 4 aromatic carbocycles. The van der Waals surface area contributed by atoms with Gasteiger partial charge in [-0.15, -0.1) is 5.10 Å². The van der Waals surface area contributed by atoms with Crippen LogP contribution in [0.3, 0.4) is 0 Å². The maximum Gasteiger partial charge on any atom is 0.251 e. The SMILES string of the molecule is COc1ccc(NC(=O)C(c2ccc(C)cc2)N(Cc2ccc(C)cc2)C(=O)Cn2nnc3ccccc32)c(OC)c1. The zero-order chi connectivity index (χ0) is 29.6. The third-order valence-electron chi connectivity index (χ3n) is 7.12. The Labute approximate surface area is 244 Å². The number of methoxy groups -OCH3 is 2. The number of para-hydroxylation sites is 1. The lowest BCUT2D eigenvalue weighted by molar-refractivity contribution is -0.140. The number of ether oxygens (including phenoxy) is 2. The fraction of sp³-hybridized carbons (Fsp3) is 0.212. The molecular weight excluding hydrogens is 530 g/mol. The maximum atomic E-state index is 14.2. The highest BCUT2D eigenvalue weighted by Crippen LogP contribution is 2.32. The fourth-order valence-corrected chi connectivity index (χ4v) is 4.79. The number of benzene rings is 4. The van der Waals surface area contributed by atoms with Crippen LogP contribution < -0.4 is 14.8 Å². The monoisotopic (exact) mass is 563 g/mol. The number of carbonyl (C=O) groups is 2. The van der Waals surface area contributed by atoms with E-state index in [9.17, 15) is 9.59 Å². The quantitative estimate of drug-likeness (QED) is 0.242. The summed E-state index contributed by atoms with van der Waals surface area (Å²) in [5.74, 6) is 0.367. The Kier molecular flexibility index (Phi) is 8.47. The van der Waals surface area contributed by atoms with E-state index < -0.39 is 6.04 Å². The van der Waals surface area contributed by atoms with Crippen LogP contribution in [0.1, 0.15) is 28.3 Å². The average Bonchev–Trinajstić information content (AvgIpc) is 3.41. The Bertz CT molecular complexity index is 1700. The van der Waals surface area contributed by atoms with Gasteiger partial charge in [0, 0.05) is 12.6 Å². The van der Waals surface area contributed by atoms with E-state index in [0.717, 1.165) is 22.2 Å². The first-order chi connectivity index (χ1) is 20.4. The molecule has 0 spiro atoms. The predicted octanol–water partition coefficient (Wildman–Crippen LogP) is 5.47. The minimum absolute atomic E-state index is 0.0894. The molecule has 9 nitrogen and oxygen atoms in total. The van der Waals surface area contributed by atoms with E-state index in [0.29, 0.717) is 28.3 Å². The van der Waals surface area contributed by atoms with Crippen LogP contribution in [0.15, 0.2) is 91.0 Å². The van der Waals surface area contributed by atoms with Gasteiger partial charge in [0.1, 0.15) is 29.6 Å². The van der Waals surface area contributed by atoms with Crippen molar-refractivity contribution in [3.05, 3.63) is 113 Å². The number of rotatable bonds is 10. The molecule has 0 saturated heterocycles. The lowest BCUT2D eigenvalue weighted by atomic mass is 10.0. The van der Waals surface area contributed by atoms with Crippen molar-refractivity contribution in [1.29, 1.82) is 0 Å². The molecule has 1 aromatic heterocycles. The number of fused-ring (bicyclic) bond motifs is 1. The van der Waals surface area contributed by atoms with E-state index in [2.05, 4.69) is 15.6 Å². The molecule has 5 rings (SSSR count). The summed E-state index contributed by atoms with van der Waals surface area (Å²) < 4.78 is 12.4. The van der Waals surface area contributed by atoms with Gasteiger partial charge in [0.05, 0.1) is 25.4 Å². The van der Waals surface area contributed by atoms with Crippen molar-refractivity contribution in [3.63, 3.8) is 0 Å². The number of aryl methyl sites for hydroxylation is 2. The number of nitrogens with zero attached hydrogens (tertiary/aromatic N) is 4. The van der Waals surface area contributed by atoms with Crippen LogP contribution in [-0.2, 0) is 22.7 Å². The van der Waals surface area contributed by atoms with E-state index in [1.165, 1.54) is 7.11 Å². The van der Waals surface area contributed by atoms with Gasteiger partial charge < -0.3 is 19.7 Å². The van der Waals surface area contributed by atoms with Crippen molar-refractivity contribution in [2.24, 2.45) is 0 Å². The first kappa shape index (κ1) is 28.4. The van der Waals surface area contributed by atoms with Gasteiger partial charge in [-0.05, 0) is 49.2 Å². The van der Waals surface area contributed by atoms with Gasteiger partial charge in [-0.25, -0.2) is 4.68 Å². The Balaban J connectivity index is 1.56. The molecule has 1 unspecified atom stereocenters. The Morgan fingerprint density at radius 3 is 2.26 bits per heavy atom. The summed E-state index contributed by atoms with van der Waals surface area (Å²) >= 11 is 0. The highest BCUT2D eigenvalue weighted by molar-refractivity contribution is 5.99. The van der Waals surface area contributed by atoms with Gasteiger partial charge >= 0.3 is 0 Å². The molecule has 0 aliphatic heterocycles. The van der Waals surface area contributed by atoms with Crippen LogP contribution >= 0.6 is 0 Å². The smallest absolute Gasteiger partial charge is 0.251 e. The van der Waals surface area contributed by atoms with Crippen molar-refractivity contribution in [2.45, 2.75) is 33.0 Å². The zero-order valence-electron chi connectivity index (χ0n) is 24.1. The van der Waals surface area contributed by atoms with Gasteiger partial charge in [0.2, 0.25) is 5.91 Å². The fourth-order valence-electron chi connectivity index (χ4n) is 4.79. The van der Waals surface area contributed by atoms with Crippen LogP contribution in [-0.4, -0.2) is 45.9 Å². The molecule has 5 aromatic rings. The molecule has 2 amide bonds. The van der Waals surface area contributed by atoms with Crippen LogP contribution in [0.2, 0.25) is 0 Å². The van der Waals surface area contributed by atoms with Crippen LogP contribution in [0.25, 0.3) is 11.0 Å². The van der Waals surface area contributed by atoms with Gasteiger partial charge in [0.15, 0.2) is 0 Å². The third-order valence-corrected chi connectivity index (χ3v) is 7.12. The summed E-state index contributed by atoms with van der Waals surface area (Å²) in [5, 5.41) is 11.4. The lowest BCUT2D eigenvalue weighted by Gasteiger charge is -2.32. The molecule has 1 atom stereocenters. The van der Waals surface area contributed by atoms with Gasteiger partial charge in [-0.1, -0.05) is 77.0 Å². The van der Waals surface area contributed by atoms with E-state index in [4.69, 9.17) is 9.47 Å². The van der Waals surface area contributed by atoms with Gasteiger partial charge in [0.25, 0.3) is 5.91 Å². The second kappa shape index (κ2) is 12.6. The van der Waals surface area contributed by atoms with Gasteiger partial charge in [-0.2, -0.15) is 0 Å². The number of hydrogen-bond donors (Lipinski definition) is 1. The van der Waals surface area contributed by atoms with Crippen molar-refractivity contribution in [3.8, 4) is 11.5 Å². The molecule has 0 saturated carbocycles. The van der Waals surface area contributed by atoms with E-state index in [1.54, 1.807) is 34.9 Å². The molecule has 0 aliphatic rings. The predicted molar refractivity (Wildman–Crippen MR) is 161 cm³/mol. The molecule has 1 N–H and O–H groups in total. The third kappa shape index (κ3) is 6.25. The molecule has 1 heterocycles. The standard InChI is InChI=1S/C33H33N5O4/c1-22-9-13-24(14-10-22)20-37(31(39)21-38-29-8-6-5-7-27(29)35-36-38)32(25-15-11-23(2)12-16-25)33(40)34-28-18-17-26(41-3)19-30(28)42-4/h5-19,32H,20-21H2,1-4H3,(H,34,40). The van der Waals surface area contributed by atoms with Crippen molar-refractivity contribution in [1.82, 2.24) is 19.9 Å². The highest BCUT2D eigenvalue weighted by atomic mass is 16.5. The summed E-state index contributed by atoms with van der Waals surface area (Å²) in [7, 11) is 3.09. The molecule has 0 aliphatic carbocycles. The Morgan fingerprint density at radius 2 is 1.57 bits per heavy atom. The molecule has 0 fully saturated rings. The van der Waals surface area contributed by atoms with E-state index in [-0.39, 0.29) is 24.9 Å². The average molecular weight is 564 g/mol. The molecule has 42 heavy (non-hydrogen) atoms. The summed E-state index contributed by atoms with van der Waals surface area (Å²) in [6, 6.07) is 27.2. The van der Waals surface area contributed by atoms with Crippen LogP contribution in [0.5, 0.6) is 11.5 Å². The van der Waals surface area contributed by atoms with E-state index in [1.807, 2.05) is 86.6 Å². The maximum absolute atomic E-state index is 14.2. The second-order valence-electron chi connectivity index (χ2n) is 10.1. The van der Waals surface area contributed by atoms with Crippen molar-refractivity contribution >= 4 is 28.5 Å². The summed E-state index contributed by atoms with van der Waals surface area (Å²) in [5.41, 5.74) is 5.60. The lowest BCUT2D eigenvalue weighted by Crippen LogP contribution is -2.42. The van der Waals surface area contributed by atoms with Crippen molar-refractivity contribution < 1.29 is 19.1 Å². The molecule has 0 bridgehead atoms. The summed E-state index contributed by atoms with van der Waals surface area (Å²) in [6.45, 7) is 4.10.